The van der Waals surface area contributed by atoms with Gasteiger partial charge in [-0.25, -0.2) is 0 Å². The highest BCUT2D eigenvalue weighted by Gasteiger charge is 2.20. The number of rotatable bonds is 1. The first-order valence-corrected chi connectivity index (χ1v) is 5.52. The number of nitrogens with one attached hydrogen (secondary N) is 1. The minimum atomic E-state index is 0. The molecule has 1 saturated heterocycles. The molecule has 0 unspecified atom stereocenters. The van der Waals surface area contributed by atoms with Gasteiger partial charge in [0.2, 0.25) is 0 Å². The van der Waals surface area contributed by atoms with Crippen LogP contribution in [0.3, 0.4) is 0 Å². The molecule has 1 aliphatic heterocycles. The molecule has 6 heteroatoms. The monoisotopic (exact) mass is 279 g/mol. The van der Waals surface area contributed by atoms with E-state index in [4.69, 9.17) is 11.1 Å². The Morgan fingerprint density at radius 3 is 2.56 bits per heavy atom. The van der Waals surface area contributed by atoms with Crippen molar-refractivity contribution in [3.05, 3.63) is 23.8 Å². The molecule has 0 aliphatic carbocycles. The van der Waals surface area contributed by atoms with Gasteiger partial charge in [-0.15, -0.1) is 24.8 Å². The van der Waals surface area contributed by atoms with Gasteiger partial charge in [-0.2, -0.15) is 0 Å². The molecule has 1 aromatic carbocycles. The maximum Gasteiger partial charge on any atom is 0.161 e. The number of nitrogens with two attached hydrogens (primary N) is 1. The molecule has 3 N–H and O–H groups in total. The Balaban J connectivity index is 0.00000112. The van der Waals surface area contributed by atoms with Gasteiger partial charge in [0, 0.05) is 12.3 Å². The first kappa shape index (κ1) is 15.4. The lowest BCUT2D eigenvalue weighted by molar-refractivity contribution is 1.10. The third-order valence-corrected chi connectivity index (χ3v) is 3.15. The van der Waals surface area contributed by atoms with E-state index in [1.165, 1.54) is 0 Å². The van der Waals surface area contributed by atoms with Crippen molar-refractivity contribution in [1.82, 2.24) is 0 Å². The molecule has 0 saturated carbocycles. The number of anilines is 2. The molecular formula is C10H15Cl2N3S. The fourth-order valence-corrected chi connectivity index (χ4v) is 2.38. The van der Waals surface area contributed by atoms with Crippen molar-refractivity contribution in [2.75, 3.05) is 22.9 Å². The van der Waals surface area contributed by atoms with Gasteiger partial charge in [0.1, 0.15) is 0 Å². The highest BCUT2D eigenvalue weighted by Crippen LogP contribution is 2.29. The summed E-state index contributed by atoms with van der Waals surface area (Å²) in [7, 11) is 0. The van der Waals surface area contributed by atoms with Gasteiger partial charge in [-0.1, -0.05) is 17.8 Å². The topological polar surface area (TPSA) is 53.1 Å². The molecule has 0 radical (unpaired) electrons. The van der Waals surface area contributed by atoms with Crippen LogP contribution < -0.4 is 10.6 Å². The summed E-state index contributed by atoms with van der Waals surface area (Å²) < 4.78 is 0. The second-order valence-electron chi connectivity index (χ2n) is 3.37. The maximum atomic E-state index is 7.73. The normalized spacial score (nSPS) is 14.3. The summed E-state index contributed by atoms with van der Waals surface area (Å²) in [5, 5.41) is 8.32. The van der Waals surface area contributed by atoms with E-state index in [-0.39, 0.29) is 24.8 Å². The van der Waals surface area contributed by atoms with Crippen molar-refractivity contribution < 1.29 is 0 Å². The molecule has 16 heavy (non-hydrogen) atoms. The van der Waals surface area contributed by atoms with Gasteiger partial charge in [0.15, 0.2) is 5.17 Å². The van der Waals surface area contributed by atoms with Crippen molar-refractivity contribution in [1.29, 1.82) is 5.41 Å². The zero-order valence-corrected chi connectivity index (χ0v) is 11.3. The number of nitrogen functional groups attached to an aromatic ring is 1. The van der Waals surface area contributed by atoms with Gasteiger partial charge >= 0.3 is 0 Å². The lowest BCUT2D eigenvalue weighted by Crippen LogP contribution is -2.23. The lowest BCUT2D eigenvalue weighted by Gasteiger charge is -2.18. The molecule has 3 nitrogen and oxygen atoms in total. The van der Waals surface area contributed by atoms with Crippen molar-refractivity contribution in [2.45, 2.75) is 6.92 Å². The number of aryl methyl sites for hydroxylation is 1. The van der Waals surface area contributed by atoms with Crippen molar-refractivity contribution >= 4 is 53.1 Å². The first-order valence-electron chi connectivity index (χ1n) is 4.53. The van der Waals surface area contributed by atoms with E-state index in [9.17, 15) is 0 Å². The maximum absolute atomic E-state index is 7.73. The minimum absolute atomic E-state index is 0. The number of amidine groups is 1. The molecule has 0 atom stereocenters. The highest BCUT2D eigenvalue weighted by atomic mass is 35.5. The van der Waals surface area contributed by atoms with Crippen LogP contribution in [0.5, 0.6) is 0 Å². The molecule has 2 rings (SSSR count). The molecule has 1 fully saturated rings. The summed E-state index contributed by atoms with van der Waals surface area (Å²) in [6.07, 6.45) is 0. The summed E-state index contributed by atoms with van der Waals surface area (Å²) in [4.78, 5) is 1.96. The molecule has 0 bridgehead atoms. The first-order chi connectivity index (χ1) is 6.68. The van der Waals surface area contributed by atoms with Crippen molar-refractivity contribution in [3.63, 3.8) is 0 Å². The Morgan fingerprint density at radius 2 is 2.06 bits per heavy atom. The largest absolute Gasteiger partial charge is 0.397 e. The molecule has 0 spiro atoms. The summed E-state index contributed by atoms with van der Waals surface area (Å²) in [6, 6.07) is 5.97. The average Bonchev–Trinajstić information content (AvgIpc) is 2.52. The van der Waals surface area contributed by atoms with Crippen LogP contribution in [0.4, 0.5) is 11.4 Å². The van der Waals surface area contributed by atoms with E-state index in [1.54, 1.807) is 11.8 Å². The Morgan fingerprint density at radius 1 is 1.38 bits per heavy atom. The fraction of sp³-hybridized carbons (Fsp3) is 0.300. The molecule has 0 aromatic heterocycles. The molecule has 90 valence electrons. The van der Waals surface area contributed by atoms with Crippen molar-refractivity contribution in [3.8, 4) is 0 Å². The van der Waals surface area contributed by atoms with Crippen LogP contribution in [0.2, 0.25) is 0 Å². The second-order valence-corrected chi connectivity index (χ2v) is 4.45. The van der Waals surface area contributed by atoms with E-state index in [2.05, 4.69) is 0 Å². The minimum Gasteiger partial charge on any atom is -0.397 e. The summed E-state index contributed by atoms with van der Waals surface area (Å²) in [5.74, 6) is 0.978. The predicted octanol–water partition coefficient (Wildman–Crippen LogP) is 2.91. The van der Waals surface area contributed by atoms with Gasteiger partial charge in [-0.3, -0.25) is 5.41 Å². The SMILES string of the molecule is Cc1ccc(N2CCSC2=N)c(N)c1.Cl.Cl. The van der Waals surface area contributed by atoms with Crippen LogP contribution in [-0.4, -0.2) is 17.5 Å². The van der Waals surface area contributed by atoms with E-state index in [0.29, 0.717) is 5.17 Å². The Labute approximate surface area is 112 Å². The van der Waals surface area contributed by atoms with Crippen LogP contribution in [0, 0.1) is 12.3 Å². The van der Waals surface area contributed by atoms with Crippen LogP contribution in [0.15, 0.2) is 18.2 Å². The zero-order valence-electron chi connectivity index (χ0n) is 8.90. The third kappa shape index (κ3) is 2.97. The number of hydrogen-bond donors (Lipinski definition) is 2. The number of thioether (sulfide) groups is 1. The molecular weight excluding hydrogens is 265 g/mol. The summed E-state index contributed by atoms with van der Waals surface area (Å²) >= 11 is 1.57. The molecule has 1 aliphatic rings. The molecule has 0 amide bonds. The van der Waals surface area contributed by atoms with Gasteiger partial charge < -0.3 is 10.6 Å². The lowest BCUT2D eigenvalue weighted by atomic mass is 10.2. The van der Waals surface area contributed by atoms with E-state index in [1.807, 2.05) is 30.0 Å². The Kier molecular flexibility index (Phi) is 6.00. The smallest absolute Gasteiger partial charge is 0.161 e. The average molecular weight is 280 g/mol. The van der Waals surface area contributed by atoms with Crippen molar-refractivity contribution in [2.24, 2.45) is 0 Å². The van der Waals surface area contributed by atoms with Gasteiger partial charge in [-0.05, 0) is 24.6 Å². The number of hydrogen-bond acceptors (Lipinski definition) is 3. The Bertz CT molecular complexity index is 384. The van der Waals surface area contributed by atoms with Gasteiger partial charge in [0.05, 0.1) is 11.4 Å². The predicted molar refractivity (Wildman–Crippen MR) is 77.6 cm³/mol. The van der Waals surface area contributed by atoms with Crippen LogP contribution in [0.1, 0.15) is 5.56 Å². The summed E-state index contributed by atoms with van der Waals surface area (Å²) in [5.41, 5.74) is 8.80. The standard InChI is InChI=1S/C10H13N3S.2ClH/c1-7-2-3-9(8(11)6-7)13-4-5-14-10(13)12;;/h2-3,6,12H,4-5,11H2,1H3;2*1H. The van der Waals surface area contributed by atoms with E-state index >= 15 is 0 Å². The third-order valence-electron chi connectivity index (χ3n) is 2.27. The number of nitrogens with zero attached hydrogens (tertiary/aromatic N) is 1. The van der Waals surface area contributed by atoms with Gasteiger partial charge in [0.25, 0.3) is 0 Å². The molecule has 1 heterocycles. The van der Waals surface area contributed by atoms with E-state index < -0.39 is 0 Å². The van der Waals surface area contributed by atoms with Crippen LogP contribution in [0.25, 0.3) is 0 Å². The fourth-order valence-electron chi connectivity index (χ4n) is 1.56. The van der Waals surface area contributed by atoms with Crippen LogP contribution >= 0.6 is 36.6 Å². The summed E-state index contributed by atoms with van der Waals surface area (Å²) in [6.45, 7) is 2.90. The number of benzene rings is 1. The second kappa shape index (κ2) is 6.23. The highest BCUT2D eigenvalue weighted by molar-refractivity contribution is 8.14. The zero-order chi connectivity index (χ0) is 10.1. The Hall–Kier alpha value is -0.580. The molecule has 1 aromatic rings. The quantitative estimate of drug-likeness (QED) is 0.778. The van der Waals surface area contributed by atoms with Crippen LogP contribution in [-0.2, 0) is 0 Å². The number of halogens is 2. The van der Waals surface area contributed by atoms with E-state index in [0.717, 1.165) is 29.2 Å².